The number of nitrogens with one attached hydrogen (secondary N) is 1. The van der Waals surface area contributed by atoms with Gasteiger partial charge in [0, 0.05) is 6.20 Å². The van der Waals surface area contributed by atoms with E-state index < -0.39 is 20.7 Å². The maximum absolute atomic E-state index is 12.9. The fourth-order valence-corrected chi connectivity index (χ4v) is 4.66. The van der Waals surface area contributed by atoms with Crippen molar-refractivity contribution in [2.24, 2.45) is 0 Å². The summed E-state index contributed by atoms with van der Waals surface area (Å²) in [6.07, 6.45) is 8.19. The van der Waals surface area contributed by atoms with Crippen molar-refractivity contribution in [3.05, 3.63) is 75.8 Å². The fraction of sp³-hybridized carbons (Fsp3) is 0.111. The van der Waals surface area contributed by atoms with Crippen molar-refractivity contribution in [1.29, 1.82) is 5.26 Å². The lowest BCUT2D eigenvalue weighted by atomic mass is 10.1. The topological polar surface area (TPSA) is 96.3 Å². The lowest BCUT2D eigenvalue weighted by molar-refractivity contribution is -0.135. The van der Waals surface area contributed by atoms with E-state index in [9.17, 15) is 18.5 Å². The molecule has 134 valence electrons. The molecule has 0 atom stereocenters. The van der Waals surface area contributed by atoms with Crippen LogP contribution in [0.15, 0.2) is 80.7 Å². The van der Waals surface area contributed by atoms with Gasteiger partial charge in [-0.25, -0.2) is 13.2 Å². The Morgan fingerprint density at radius 3 is 2.42 bits per heavy atom. The molecule has 2 rings (SSSR count). The Bertz CT molecular complexity index is 966. The number of allylic oxidation sites excluding steroid dienone is 4. The van der Waals surface area contributed by atoms with Crippen LogP contribution in [0.5, 0.6) is 0 Å². The summed E-state index contributed by atoms with van der Waals surface area (Å²) in [5.41, 5.74) is 0.330. The maximum atomic E-state index is 12.9. The van der Waals surface area contributed by atoms with Gasteiger partial charge in [-0.05, 0) is 30.5 Å². The summed E-state index contributed by atoms with van der Waals surface area (Å²) in [7, 11) is -2.91. The molecule has 0 saturated heterocycles. The minimum absolute atomic E-state index is 0.0170. The van der Waals surface area contributed by atoms with Crippen LogP contribution in [0.3, 0.4) is 0 Å². The standard InChI is InChI=1S/C18H16N2O4S2/c1-24-18(21)16(14-10-6-7-11-20-14)17(25-2)15(12-19)26(22,23)13-8-4-3-5-9-13/h3-11,20H,1-2H3/b16-14-,17-15+. The first kappa shape index (κ1) is 19.6. The van der Waals surface area contributed by atoms with Crippen molar-refractivity contribution in [3.8, 4) is 6.07 Å². The number of hydrogen-bond acceptors (Lipinski definition) is 7. The molecule has 26 heavy (non-hydrogen) atoms. The van der Waals surface area contributed by atoms with Crippen LogP contribution < -0.4 is 5.32 Å². The van der Waals surface area contributed by atoms with E-state index in [-0.39, 0.29) is 15.4 Å². The normalized spacial score (nSPS) is 16.2. The van der Waals surface area contributed by atoms with Gasteiger partial charge in [-0.2, -0.15) is 5.26 Å². The molecular formula is C18H16N2O4S2. The largest absolute Gasteiger partial charge is 0.465 e. The number of carbonyl (C=O) groups excluding carboxylic acids is 1. The number of nitriles is 1. The second-order valence-corrected chi connectivity index (χ2v) is 7.64. The Hall–Kier alpha value is -2.76. The number of hydrogen-bond donors (Lipinski definition) is 1. The molecule has 1 aliphatic rings. The number of nitrogens with zero attached hydrogens (tertiary/aromatic N) is 1. The predicted octanol–water partition coefficient (Wildman–Crippen LogP) is 2.66. The van der Waals surface area contributed by atoms with Gasteiger partial charge in [0.05, 0.1) is 28.2 Å². The number of methoxy groups -OCH3 is 1. The van der Waals surface area contributed by atoms with E-state index in [2.05, 4.69) is 5.32 Å². The zero-order chi connectivity index (χ0) is 19.2. The number of esters is 1. The van der Waals surface area contributed by atoms with Gasteiger partial charge >= 0.3 is 5.97 Å². The highest BCUT2D eigenvalue weighted by molar-refractivity contribution is 8.04. The van der Waals surface area contributed by atoms with E-state index in [4.69, 9.17) is 4.74 Å². The number of dihydropyridines is 1. The first-order chi connectivity index (χ1) is 12.5. The Balaban J connectivity index is 2.79. The van der Waals surface area contributed by atoms with Crippen molar-refractivity contribution in [2.75, 3.05) is 13.4 Å². The van der Waals surface area contributed by atoms with Crippen LogP contribution >= 0.6 is 11.8 Å². The van der Waals surface area contributed by atoms with Gasteiger partial charge in [0.1, 0.15) is 6.07 Å². The maximum Gasteiger partial charge on any atom is 0.341 e. The van der Waals surface area contributed by atoms with Crippen molar-refractivity contribution in [2.45, 2.75) is 4.90 Å². The molecule has 6 nitrogen and oxygen atoms in total. The van der Waals surface area contributed by atoms with Gasteiger partial charge in [-0.3, -0.25) is 0 Å². The lowest BCUT2D eigenvalue weighted by Gasteiger charge is -2.16. The Labute approximate surface area is 156 Å². The van der Waals surface area contributed by atoms with Crippen LogP contribution in [0.1, 0.15) is 0 Å². The minimum atomic E-state index is -4.10. The van der Waals surface area contributed by atoms with E-state index in [1.807, 2.05) is 0 Å². The number of thioether (sulfide) groups is 1. The summed E-state index contributed by atoms with van der Waals surface area (Å²) in [5, 5.41) is 12.5. The Kier molecular flexibility index (Phi) is 6.44. The molecule has 1 aromatic carbocycles. The molecule has 0 radical (unpaired) electrons. The quantitative estimate of drug-likeness (QED) is 0.470. The summed E-state index contributed by atoms with van der Waals surface area (Å²) >= 11 is 0.991. The monoisotopic (exact) mass is 388 g/mol. The first-order valence-electron chi connectivity index (χ1n) is 7.38. The predicted molar refractivity (Wildman–Crippen MR) is 100 cm³/mol. The molecule has 0 spiro atoms. The average molecular weight is 388 g/mol. The van der Waals surface area contributed by atoms with Gasteiger partial charge in [0.15, 0.2) is 4.91 Å². The summed E-state index contributed by atoms with van der Waals surface area (Å²) < 4.78 is 30.7. The third-order valence-corrected chi connectivity index (χ3v) is 6.10. The second kappa shape index (κ2) is 8.56. The highest BCUT2D eigenvalue weighted by Crippen LogP contribution is 2.33. The van der Waals surface area contributed by atoms with E-state index in [0.29, 0.717) is 5.70 Å². The van der Waals surface area contributed by atoms with Crippen molar-refractivity contribution >= 4 is 27.6 Å². The molecule has 0 aromatic heterocycles. The zero-order valence-electron chi connectivity index (χ0n) is 14.1. The number of carbonyl (C=O) groups is 1. The third-order valence-electron chi connectivity index (χ3n) is 3.43. The van der Waals surface area contributed by atoms with Crippen LogP contribution in [0.4, 0.5) is 0 Å². The molecule has 1 aliphatic heterocycles. The number of ether oxygens (including phenoxy) is 1. The lowest BCUT2D eigenvalue weighted by Crippen LogP contribution is -2.18. The summed E-state index contributed by atoms with van der Waals surface area (Å²) in [6.45, 7) is 0. The van der Waals surface area contributed by atoms with E-state index in [1.54, 1.807) is 55.0 Å². The molecule has 0 fully saturated rings. The van der Waals surface area contributed by atoms with E-state index in [0.717, 1.165) is 11.8 Å². The third kappa shape index (κ3) is 3.90. The minimum Gasteiger partial charge on any atom is -0.465 e. The van der Waals surface area contributed by atoms with Crippen molar-refractivity contribution in [1.82, 2.24) is 5.32 Å². The van der Waals surface area contributed by atoms with Gasteiger partial charge in [0.2, 0.25) is 9.84 Å². The van der Waals surface area contributed by atoms with Crippen molar-refractivity contribution < 1.29 is 17.9 Å². The van der Waals surface area contributed by atoms with E-state index in [1.165, 1.54) is 19.2 Å². The molecule has 0 amide bonds. The van der Waals surface area contributed by atoms with Crippen LogP contribution in [-0.4, -0.2) is 27.8 Å². The van der Waals surface area contributed by atoms with Gasteiger partial charge in [-0.15, -0.1) is 11.8 Å². The molecule has 1 aromatic rings. The van der Waals surface area contributed by atoms with Crippen LogP contribution in [0.25, 0.3) is 0 Å². The average Bonchev–Trinajstić information content (AvgIpc) is 2.68. The zero-order valence-corrected chi connectivity index (χ0v) is 15.7. The molecule has 0 aliphatic carbocycles. The molecule has 1 heterocycles. The summed E-state index contributed by atoms with van der Waals surface area (Å²) in [6, 6.07) is 9.36. The smallest absolute Gasteiger partial charge is 0.341 e. The van der Waals surface area contributed by atoms with Crippen LogP contribution in [0.2, 0.25) is 0 Å². The highest BCUT2D eigenvalue weighted by Gasteiger charge is 2.30. The number of benzene rings is 1. The molecule has 0 bridgehead atoms. The van der Waals surface area contributed by atoms with Gasteiger partial charge in [0.25, 0.3) is 0 Å². The molecule has 0 unspecified atom stereocenters. The van der Waals surface area contributed by atoms with Crippen molar-refractivity contribution in [3.63, 3.8) is 0 Å². The summed E-state index contributed by atoms with van der Waals surface area (Å²) in [5.74, 6) is -0.743. The number of sulfone groups is 1. The Morgan fingerprint density at radius 2 is 1.92 bits per heavy atom. The Morgan fingerprint density at radius 1 is 1.23 bits per heavy atom. The summed E-state index contributed by atoms with van der Waals surface area (Å²) in [4.78, 5) is 11.9. The van der Waals surface area contributed by atoms with Gasteiger partial charge < -0.3 is 10.1 Å². The first-order valence-corrected chi connectivity index (χ1v) is 10.1. The SMILES string of the molecule is COC(=O)C(=C1/C=CC=CN1)/C(SC)=C(/C#N)S(=O)(=O)c1ccccc1. The van der Waals surface area contributed by atoms with Crippen LogP contribution in [0, 0.1) is 11.3 Å². The highest BCUT2D eigenvalue weighted by atomic mass is 32.2. The van der Waals surface area contributed by atoms with E-state index >= 15 is 0 Å². The molecule has 8 heteroatoms. The fourth-order valence-electron chi connectivity index (χ4n) is 2.23. The molecule has 1 N–H and O–H groups in total. The molecule has 0 saturated carbocycles. The number of rotatable bonds is 5. The molecular weight excluding hydrogens is 372 g/mol. The second-order valence-electron chi connectivity index (χ2n) is 4.93. The van der Waals surface area contributed by atoms with Crippen LogP contribution in [-0.2, 0) is 19.4 Å². The van der Waals surface area contributed by atoms with Gasteiger partial charge in [-0.1, -0.05) is 24.3 Å².